The summed E-state index contributed by atoms with van der Waals surface area (Å²) in [7, 11) is 0. The first-order valence-corrected chi connectivity index (χ1v) is 7.46. The first-order valence-electron chi connectivity index (χ1n) is 5.93. The third kappa shape index (κ3) is 3.40. The van der Waals surface area contributed by atoms with Crippen LogP contribution in [0, 0.1) is 0 Å². The van der Waals surface area contributed by atoms with Gasteiger partial charge in [-0.2, -0.15) is 11.8 Å². The average Bonchev–Trinajstić information content (AvgIpc) is 2.77. The van der Waals surface area contributed by atoms with Gasteiger partial charge in [0, 0.05) is 17.3 Å². The molecule has 1 fully saturated rings. The van der Waals surface area contributed by atoms with Crippen molar-refractivity contribution in [3.8, 4) is 0 Å². The second-order valence-electron chi connectivity index (χ2n) is 4.47. The van der Waals surface area contributed by atoms with Gasteiger partial charge in [-0.05, 0) is 36.3 Å². The molecule has 1 amide bonds. The Morgan fingerprint density at radius 3 is 3.06 bits per heavy atom. The minimum atomic E-state index is -1.17. The zero-order chi connectivity index (χ0) is 13.0. The molecule has 2 N–H and O–H groups in total. The summed E-state index contributed by atoms with van der Waals surface area (Å²) in [6.07, 6.45) is 1.26. The van der Waals surface area contributed by atoms with Crippen molar-refractivity contribution in [3.63, 3.8) is 0 Å². The third-order valence-corrected chi connectivity index (χ3v) is 4.42. The predicted octanol–water partition coefficient (Wildman–Crippen LogP) is 1.87. The molecule has 1 saturated heterocycles. The van der Waals surface area contributed by atoms with E-state index in [4.69, 9.17) is 11.6 Å². The zero-order valence-corrected chi connectivity index (χ0v) is 11.6. The Labute approximate surface area is 116 Å². The van der Waals surface area contributed by atoms with E-state index in [0.29, 0.717) is 23.7 Å². The van der Waals surface area contributed by atoms with Gasteiger partial charge in [0.15, 0.2) is 5.60 Å². The lowest BCUT2D eigenvalue weighted by Crippen LogP contribution is -2.47. The fourth-order valence-corrected chi connectivity index (χ4v) is 3.36. The molecule has 98 valence electrons. The fraction of sp³-hybridized carbons (Fsp3) is 0.462. The summed E-state index contributed by atoms with van der Waals surface area (Å²) in [5.41, 5.74) is -0.0884. The molecule has 1 aromatic carbocycles. The maximum atomic E-state index is 11.8. The summed E-state index contributed by atoms with van der Waals surface area (Å²) in [6, 6.07) is 7.56. The SMILES string of the molecule is O=C(NCCc1cccc(Cl)c1)C1(O)CCSC1. The Kier molecular flexibility index (Phi) is 4.54. The van der Waals surface area contributed by atoms with Gasteiger partial charge in [0.25, 0.3) is 5.91 Å². The number of carbonyl (C=O) groups is 1. The molecule has 0 saturated carbocycles. The molecule has 1 unspecified atom stereocenters. The molecule has 0 radical (unpaired) electrons. The van der Waals surface area contributed by atoms with E-state index in [9.17, 15) is 9.90 Å². The van der Waals surface area contributed by atoms with Gasteiger partial charge in [-0.1, -0.05) is 23.7 Å². The highest BCUT2D eigenvalue weighted by Gasteiger charge is 2.39. The molecule has 0 aliphatic carbocycles. The topological polar surface area (TPSA) is 49.3 Å². The third-order valence-electron chi connectivity index (χ3n) is 3.01. The quantitative estimate of drug-likeness (QED) is 0.888. The summed E-state index contributed by atoms with van der Waals surface area (Å²) in [4.78, 5) is 11.8. The van der Waals surface area contributed by atoms with Crippen molar-refractivity contribution in [3.05, 3.63) is 34.9 Å². The van der Waals surface area contributed by atoms with Crippen molar-refractivity contribution in [2.24, 2.45) is 0 Å². The number of benzene rings is 1. The highest BCUT2D eigenvalue weighted by molar-refractivity contribution is 7.99. The van der Waals surface area contributed by atoms with Gasteiger partial charge >= 0.3 is 0 Å². The van der Waals surface area contributed by atoms with E-state index in [-0.39, 0.29) is 5.91 Å². The largest absolute Gasteiger partial charge is 0.379 e. The van der Waals surface area contributed by atoms with E-state index in [0.717, 1.165) is 17.7 Å². The smallest absolute Gasteiger partial charge is 0.252 e. The predicted molar refractivity (Wildman–Crippen MR) is 75.1 cm³/mol. The zero-order valence-electron chi connectivity index (χ0n) is 9.99. The number of carbonyl (C=O) groups excluding carboxylic acids is 1. The number of hydrogen-bond donors (Lipinski definition) is 2. The van der Waals surface area contributed by atoms with Crippen LogP contribution in [0.25, 0.3) is 0 Å². The minimum Gasteiger partial charge on any atom is -0.379 e. The number of nitrogens with one attached hydrogen (secondary N) is 1. The standard InChI is InChI=1S/C13H16ClNO2S/c14-11-3-1-2-10(8-11)4-6-15-12(16)13(17)5-7-18-9-13/h1-3,8,17H,4-7,9H2,(H,15,16). The Morgan fingerprint density at radius 2 is 2.39 bits per heavy atom. The number of thioether (sulfide) groups is 1. The van der Waals surface area contributed by atoms with E-state index < -0.39 is 5.60 Å². The molecule has 0 bridgehead atoms. The number of rotatable bonds is 4. The van der Waals surface area contributed by atoms with Crippen LogP contribution in [0.4, 0.5) is 0 Å². The molecule has 1 atom stereocenters. The van der Waals surface area contributed by atoms with E-state index in [1.165, 1.54) is 0 Å². The lowest BCUT2D eigenvalue weighted by molar-refractivity contribution is -0.137. The number of amides is 1. The van der Waals surface area contributed by atoms with Gasteiger partial charge in [0.05, 0.1) is 0 Å². The van der Waals surface area contributed by atoms with E-state index in [2.05, 4.69) is 5.32 Å². The highest BCUT2D eigenvalue weighted by Crippen LogP contribution is 2.27. The van der Waals surface area contributed by atoms with Crippen molar-refractivity contribution >= 4 is 29.3 Å². The molecule has 0 aromatic heterocycles. The number of hydrogen-bond acceptors (Lipinski definition) is 3. The lowest BCUT2D eigenvalue weighted by Gasteiger charge is -2.20. The van der Waals surface area contributed by atoms with Crippen LogP contribution in [0.5, 0.6) is 0 Å². The van der Waals surface area contributed by atoms with E-state index in [1.54, 1.807) is 11.8 Å². The van der Waals surface area contributed by atoms with Crippen LogP contribution in [0.2, 0.25) is 5.02 Å². The molecule has 2 rings (SSSR count). The second-order valence-corrected chi connectivity index (χ2v) is 6.01. The average molecular weight is 286 g/mol. The summed E-state index contributed by atoms with van der Waals surface area (Å²) >= 11 is 7.49. The van der Waals surface area contributed by atoms with Gasteiger partial charge in [0.2, 0.25) is 0 Å². The van der Waals surface area contributed by atoms with Crippen LogP contribution in [0.15, 0.2) is 24.3 Å². The van der Waals surface area contributed by atoms with Crippen molar-refractivity contribution in [2.45, 2.75) is 18.4 Å². The summed E-state index contributed by atoms with van der Waals surface area (Å²) in [6.45, 7) is 0.520. The maximum absolute atomic E-state index is 11.8. The van der Waals surface area contributed by atoms with Crippen molar-refractivity contribution in [1.82, 2.24) is 5.32 Å². The Bertz CT molecular complexity index is 433. The maximum Gasteiger partial charge on any atom is 0.252 e. The summed E-state index contributed by atoms with van der Waals surface area (Å²) < 4.78 is 0. The lowest BCUT2D eigenvalue weighted by atomic mass is 10.0. The molecule has 1 aliphatic rings. The van der Waals surface area contributed by atoms with Crippen molar-refractivity contribution in [1.29, 1.82) is 0 Å². The normalized spacial score (nSPS) is 23.0. The van der Waals surface area contributed by atoms with Gasteiger partial charge in [-0.25, -0.2) is 0 Å². The van der Waals surface area contributed by atoms with E-state index in [1.807, 2.05) is 24.3 Å². The second kappa shape index (κ2) is 5.95. The summed E-state index contributed by atoms with van der Waals surface area (Å²) in [5.74, 6) is 1.09. The fourth-order valence-electron chi connectivity index (χ4n) is 1.91. The first-order chi connectivity index (χ1) is 8.60. The van der Waals surface area contributed by atoms with Crippen LogP contribution in [-0.2, 0) is 11.2 Å². The van der Waals surface area contributed by atoms with Crippen LogP contribution >= 0.6 is 23.4 Å². The number of aliphatic hydroxyl groups is 1. The molecular formula is C13H16ClNO2S. The highest BCUT2D eigenvalue weighted by atomic mass is 35.5. The molecule has 18 heavy (non-hydrogen) atoms. The Hall–Kier alpha value is -0.710. The van der Waals surface area contributed by atoms with Crippen molar-refractivity contribution in [2.75, 3.05) is 18.1 Å². The van der Waals surface area contributed by atoms with Crippen LogP contribution in [0.1, 0.15) is 12.0 Å². The van der Waals surface area contributed by atoms with Gasteiger partial charge < -0.3 is 10.4 Å². The Morgan fingerprint density at radius 1 is 1.56 bits per heavy atom. The monoisotopic (exact) mass is 285 g/mol. The minimum absolute atomic E-state index is 0.255. The Balaban J connectivity index is 1.80. The molecule has 3 nitrogen and oxygen atoms in total. The van der Waals surface area contributed by atoms with Crippen LogP contribution in [-0.4, -0.2) is 34.7 Å². The van der Waals surface area contributed by atoms with Crippen molar-refractivity contribution < 1.29 is 9.90 Å². The van der Waals surface area contributed by atoms with Gasteiger partial charge in [-0.3, -0.25) is 4.79 Å². The van der Waals surface area contributed by atoms with Gasteiger partial charge in [0.1, 0.15) is 0 Å². The van der Waals surface area contributed by atoms with E-state index >= 15 is 0 Å². The molecule has 1 heterocycles. The van der Waals surface area contributed by atoms with Crippen LogP contribution < -0.4 is 5.32 Å². The first kappa shape index (κ1) is 13.7. The molecule has 1 aliphatic heterocycles. The molecular weight excluding hydrogens is 270 g/mol. The molecule has 1 aromatic rings. The molecule has 0 spiro atoms. The van der Waals surface area contributed by atoms with Crippen LogP contribution in [0.3, 0.4) is 0 Å². The van der Waals surface area contributed by atoms with Gasteiger partial charge in [-0.15, -0.1) is 0 Å². The molecule has 5 heteroatoms. The summed E-state index contributed by atoms with van der Waals surface area (Å²) in [5, 5.41) is 13.5. The number of halogens is 1.